The van der Waals surface area contributed by atoms with Crippen LogP contribution < -0.4 is 4.74 Å². The van der Waals surface area contributed by atoms with Gasteiger partial charge in [-0.05, 0) is 29.2 Å². The van der Waals surface area contributed by atoms with Gasteiger partial charge in [0.2, 0.25) is 0 Å². The van der Waals surface area contributed by atoms with E-state index in [4.69, 9.17) is 9.15 Å². The van der Waals surface area contributed by atoms with Gasteiger partial charge in [0.05, 0.1) is 0 Å². The third-order valence-corrected chi connectivity index (χ3v) is 2.86. The van der Waals surface area contributed by atoms with Crippen LogP contribution in [0.2, 0.25) is 0 Å². The van der Waals surface area contributed by atoms with Gasteiger partial charge in [-0.25, -0.2) is 0 Å². The second-order valence-electron chi connectivity index (χ2n) is 5.46. The first-order valence-electron chi connectivity index (χ1n) is 6.27. The summed E-state index contributed by atoms with van der Waals surface area (Å²) in [5.41, 5.74) is 1.17. The maximum Gasteiger partial charge on any atom is 0.185 e. The molecule has 0 bridgehead atoms. The van der Waals surface area contributed by atoms with Gasteiger partial charge in [0.25, 0.3) is 0 Å². The number of rotatable bonds is 4. The Bertz CT molecular complexity index is 561. The van der Waals surface area contributed by atoms with Crippen LogP contribution in [0.5, 0.6) is 5.75 Å². The molecule has 0 amide bonds. The average molecular weight is 258 g/mol. The number of hydrogen-bond donors (Lipinski definition) is 0. The van der Waals surface area contributed by atoms with Gasteiger partial charge in [-0.3, -0.25) is 4.79 Å². The van der Waals surface area contributed by atoms with Crippen molar-refractivity contribution < 1.29 is 13.9 Å². The average Bonchev–Trinajstić information content (AvgIpc) is 2.83. The molecule has 0 saturated carbocycles. The summed E-state index contributed by atoms with van der Waals surface area (Å²) in [5, 5.41) is 0. The second kappa shape index (κ2) is 5.31. The van der Waals surface area contributed by atoms with Crippen molar-refractivity contribution in [2.45, 2.75) is 32.8 Å². The largest absolute Gasteiger partial charge is 0.485 e. The van der Waals surface area contributed by atoms with E-state index >= 15 is 0 Å². The standard InChI is InChI=1S/C16H18O3/c1-16(2,3)14-6-4-5-7-15(14)18-11-13-9-8-12(10-17)19-13/h4-10H,11H2,1-3H3. The van der Waals surface area contributed by atoms with Crippen LogP contribution in [0.3, 0.4) is 0 Å². The maximum atomic E-state index is 10.5. The molecule has 0 atom stereocenters. The fraction of sp³-hybridized carbons (Fsp3) is 0.312. The number of para-hydroxylation sites is 1. The van der Waals surface area contributed by atoms with Gasteiger partial charge >= 0.3 is 0 Å². The van der Waals surface area contributed by atoms with Crippen molar-refractivity contribution in [1.29, 1.82) is 0 Å². The van der Waals surface area contributed by atoms with Crippen molar-refractivity contribution in [3.05, 3.63) is 53.5 Å². The zero-order chi connectivity index (χ0) is 13.9. The SMILES string of the molecule is CC(C)(C)c1ccccc1OCc1ccc(C=O)o1. The summed E-state index contributed by atoms with van der Waals surface area (Å²) in [6, 6.07) is 11.4. The summed E-state index contributed by atoms with van der Waals surface area (Å²) in [5.74, 6) is 1.81. The van der Waals surface area contributed by atoms with E-state index in [-0.39, 0.29) is 5.41 Å². The highest BCUT2D eigenvalue weighted by molar-refractivity contribution is 5.70. The highest BCUT2D eigenvalue weighted by atomic mass is 16.5. The normalized spacial score (nSPS) is 11.3. The molecule has 1 heterocycles. The van der Waals surface area contributed by atoms with Crippen molar-refractivity contribution in [2.24, 2.45) is 0 Å². The lowest BCUT2D eigenvalue weighted by atomic mass is 9.86. The molecule has 0 aliphatic carbocycles. The summed E-state index contributed by atoms with van der Waals surface area (Å²) in [6.45, 7) is 6.76. The zero-order valence-corrected chi connectivity index (χ0v) is 11.5. The third-order valence-electron chi connectivity index (χ3n) is 2.86. The summed E-state index contributed by atoms with van der Waals surface area (Å²) < 4.78 is 11.1. The van der Waals surface area contributed by atoms with Crippen molar-refractivity contribution in [3.8, 4) is 5.75 Å². The highest BCUT2D eigenvalue weighted by Gasteiger charge is 2.18. The summed E-state index contributed by atoms with van der Waals surface area (Å²) in [4.78, 5) is 10.5. The van der Waals surface area contributed by atoms with E-state index in [1.54, 1.807) is 12.1 Å². The lowest BCUT2D eigenvalue weighted by Gasteiger charge is -2.22. The molecule has 0 aliphatic heterocycles. The smallest absolute Gasteiger partial charge is 0.185 e. The zero-order valence-electron chi connectivity index (χ0n) is 11.5. The molecule has 0 unspecified atom stereocenters. The maximum absolute atomic E-state index is 10.5. The molecule has 0 spiro atoms. The predicted molar refractivity (Wildman–Crippen MR) is 73.6 cm³/mol. The molecule has 0 aliphatic rings. The van der Waals surface area contributed by atoms with Crippen molar-refractivity contribution in [1.82, 2.24) is 0 Å². The molecule has 0 N–H and O–H groups in total. The van der Waals surface area contributed by atoms with Crippen LogP contribution in [-0.4, -0.2) is 6.29 Å². The Hall–Kier alpha value is -2.03. The van der Waals surface area contributed by atoms with E-state index in [2.05, 4.69) is 26.8 Å². The lowest BCUT2D eigenvalue weighted by Crippen LogP contribution is -2.13. The quantitative estimate of drug-likeness (QED) is 0.779. The minimum atomic E-state index is 0.0215. The Morgan fingerprint density at radius 1 is 1.16 bits per heavy atom. The van der Waals surface area contributed by atoms with Crippen LogP contribution >= 0.6 is 0 Å². The molecule has 2 aromatic rings. The number of benzene rings is 1. The molecule has 0 saturated heterocycles. The number of carbonyl (C=O) groups is 1. The molecular formula is C16H18O3. The molecule has 0 radical (unpaired) electrons. The molecule has 100 valence electrons. The molecule has 1 aromatic carbocycles. The van der Waals surface area contributed by atoms with Gasteiger partial charge in [0, 0.05) is 0 Å². The molecule has 0 fully saturated rings. The van der Waals surface area contributed by atoms with E-state index in [0.29, 0.717) is 24.4 Å². The number of ether oxygens (including phenoxy) is 1. The van der Waals surface area contributed by atoms with Crippen LogP contribution in [0.25, 0.3) is 0 Å². The predicted octanol–water partition coefficient (Wildman–Crippen LogP) is 3.97. The Morgan fingerprint density at radius 3 is 2.53 bits per heavy atom. The van der Waals surface area contributed by atoms with Crippen LogP contribution in [-0.2, 0) is 12.0 Å². The van der Waals surface area contributed by atoms with E-state index < -0.39 is 0 Å². The number of hydrogen-bond acceptors (Lipinski definition) is 3. The Morgan fingerprint density at radius 2 is 1.89 bits per heavy atom. The van der Waals surface area contributed by atoms with E-state index in [1.807, 2.05) is 18.2 Å². The molecule has 19 heavy (non-hydrogen) atoms. The monoisotopic (exact) mass is 258 g/mol. The number of furan rings is 1. The van der Waals surface area contributed by atoms with E-state index in [1.165, 1.54) is 0 Å². The van der Waals surface area contributed by atoms with Gasteiger partial charge in [0.15, 0.2) is 12.0 Å². The minimum Gasteiger partial charge on any atom is -0.485 e. The van der Waals surface area contributed by atoms with Gasteiger partial charge in [0.1, 0.15) is 18.1 Å². The molecule has 3 heteroatoms. The first-order chi connectivity index (χ1) is 9.00. The van der Waals surface area contributed by atoms with Gasteiger partial charge in [-0.15, -0.1) is 0 Å². The topological polar surface area (TPSA) is 39.4 Å². The Balaban J connectivity index is 2.13. The highest BCUT2D eigenvalue weighted by Crippen LogP contribution is 2.31. The molecular weight excluding hydrogens is 240 g/mol. The fourth-order valence-electron chi connectivity index (χ4n) is 1.90. The molecule has 2 rings (SSSR count). The molecule has 3 nitrogen and oxygen atoms in total. The summed E-state index contributed by atoms with van der Waals surface area (Å²) in [6.07, 6.45) is 0.687. The van der Waals surface area contributed by atoms with Crippen LogP contribution in [0.1, 0.15) is 42.6 Å². The van der Waals surface area contributed by atoms with Crippen molar-refractivity contribution >= 4 is 6.29 Å². The first-order valence-corrected chi connectivity index (χ1v) is 6.27. The lowest BCUT2D eigenvalue weighted by molar-refractivity contribution is 0.109. The first kappa shape index (κ1) is 13.4. The van der Waals surface area contributed by atoms with Crippen LogP contribution in [0.4, 0.5) is 0 Å². The number of carbonyl (C=O) groups excluding carboxylic acids is 1. The molecule has 1 aromatic heterocycles. The van der Waals surface area contributed by atoms with Crippen LogP contribution in [0, 0.1) is 0 Å². The second-order valence-corrected chi connectivity index (χ2v) is 5.46. The third kappa shape index (κ3) is 3.25. The Kier molecular flexibility index (Phi) is 3.74. The fourth-order valence-corrected chi connectivity index (χ4v) is 1.90. The van der Waals surface area contributed by atoms with Gasteiger partial charge in [-0.1, -0.05) is 39.0 Å². The number of aldehydes is 1. The van der Waals surface area contributed by atoms with Crippen molar-refractivity contribution in [3.63, 3.8) is 0 Å². The van der Waals surface area contributed by atoms with Crippen molar-refractivity contribution in [2.75, 3.05) is 0 Å². The van der Waals surface area contributed by atoms with E-state index in [0.717, 1.165) is 11.3 Å². The summed E-state index contributed by atoms with van der Waals surface area (Å²) >= 11 is 0. The van der Waals surface area contributed by atoms with Crippen LogP contribution in [0.15, 0.2) is 40.8 Å². The Labute approximate surface area is 113 Å². The van der Waals surface area contributed by atoms with Gasteiger partial charge in [-0.2, -0.15) is 0 Å². The summed E-state index contributed by atoms with van der Waals surface area (Å²) in [7, 11) is 0. The van der Waals surface area contributed by atoms with Gasteiger partial charge < -0.3 is 9.15 Å². The minimum absolute atomic E-state index is 0.0215. The van der Waals surface area contributed by atoms with E-state index in [9.17, 15) is 4.79 Å².